The highest BCUT2D eigenvalue weighted by atomic mass is 32.2. The number of aryl methyl sites for hydroxylation is 1. The van der Waals surface area contributed by atoms with E-state index in [1.807, 2.05) is 4.90 Å². The monoisotopic (exact) mass is 327 g/mol. The number of carbonyl (C=O) groups excluding carboxylic acids is 1. The molecular formula is C13H21N5O3S. The number of nitrogens with one attached hydrogen (secondary N) is 1. The van der Waals surface area contributed by atoms with Crippen molar-refractivity contribution >= 4 is 21.7 Å². The van der Waals surface area contributed by atoms with Gasteiger partial charge in [0.05, 0.1) is 12.2 Å². The van der Waals surface area contributed by atoms with Crippen molar-refractivity contribution in [2.75, 3.05) is 44.4 Å². The first kappa shape index (κ1) is 16.6. The van der Waals surface area contributed by atoms with Crippen molar-refractivity contribution in [3.8, 4) is 0 Å². The van der Waals surface area contributed by atoms with Gasteiger partial charge in [0, 0.05) is 39.4 Å². The summed E-state index contributed by atoms with van der Waals surface area (Å²) >= 11 is 0. The van der Waals surface area contributed by atoms with Gasteiger partial charge in [-0.1, -0.05) is 0 Å². The van der Waals surface area contributed by atoms with Gasteiger partial charge in [-0.2, -0.15) is 4.31 Å². The molecular weight excluding hydrogens is 306 g/mol. The Bertz CT molecular complexity index is 649. The van der Waals surface area contributed by atoms with Crippen molar-refractivity contribution in [2.24, 2.45) is 5.92 Å². The highest BCUT2D eigenvalue weighted by Crippen LogP contribution is 2.18. The molecule has 1 fully saturated rings. The zero-order chi connectivity index (χ0) is 16.3. The molecule has 9 heteroatoms. The lowest BCUT2D eigenvalue weighted by Crippen LogP contribution is -2.41. The lowest BCUT2D eigenvalue weighted by Gasteiger charge is -2.24. The van der Waals surface area contributed by atoms with Crippen LogP contribution in [0, 0.1) is 12.8 Å². The van der Waals surface area contributed by atoms with Crippen LogP contribution < -0.4 is 10.2 Å². The Labute approximate surface area is 130 Å². The molecule has 1 aromatic rings. The van der Waals surface area contributed by atoms with Crippen LogP contribution in [0.2, 0.25) is 0 Å². The second-order valence-electron chi connectivity index (χ2n) is 5.34. The number of aromatic nitrogens is 2. The fourth-order valence-corrected chi connectivity index (χ4v) is 3.35. The molecule has 1 aromatic heterocycles. The van der Waals surface area contributed by atoms with Crippen LogP contribution in [0.25, 0.3) is 0 Å². The van der Waals surface area contributed by atoms with E-state index in [9.17, 15) is 13.2 Å². The van der Waals surface area contributed by atoms with Gasteiger partial charge in [0.1, 0.15) is 11.6 Å². The summed E-state index contributed by atoms with van der Waals surface area (Å²) in [6.07, 6.45) is 2.82. The fourth-order valence-electron chi connectivity index (χ4n) is 2.48. The first-order valence-electron chi connectivity index (χ1n) is 7.02. The lowest BCUT2D eigenvalue weighted by molar-refractivity contribution is -0.124. The maximum atomic E-state index is 12.0. The molecule has 2 rings (SSSR count). The number of hydrogen-bond acceptors (Lipinski definition) is 6. The van der Waals surface area contributed by atoms with E-state index in [0.717, 1.165) is 0 Å². The molecule has 2 heterocycles. The lowest BCUT2D eigenvalue weighted by atomic mass is 10.1. The van der Waals surface area contributed by atoms with E-state index in [2.05, 4.69) is 15.3 Å². The minimum absolute atomic E-state index is 0.175. The standard InChI is InChI=1S/C13H21N5O3S/c1-10-15-5-4-12(16-10)17-6-7-18(22(3,20)21)9-11(8-17)13(19)14-2/h4-5,11H,6-9H2,1-3H3,(H,14,19)/t11-/m0/s1. The molecule has 1 aliphatic heterocycles. The van der Waals surface area contributed by atoms with Gasteiger partial charge in [-0.05, 0) is 13.0 Å². The molecule has 0 spiro atoms. The number of nitrogens with zero attached hydrogens (tertiary/aromatic N) is 4. The van der Waals surface area contributed by atoms with Crippen LogP contribution in [0.4, 0.5) is 5.82 Å². The molecule has 1 atom stereocenters. The average Bonchev–Trinajstić information content (AvgIpc) is 2.69. The summed E-state index contributed by atoms with van der Waals surface area (Å²) in [5, 5.41) is 2.60. The van der Waals surface area contributed by atoms with Gasteiger partial charge in [-0.3, -0.25) is 4.79 Å². The van der Waals surface area contributed by atoms with Crippen molar-refractivity contribution in [1.82, 2.24) is 19.6 Å². The molecule has 0 unspecified atom stereocenters. The second-order valence-corrected chi connectivity index (χ2v) is 7.32. The number of sulfonamides is 1. The molecule has 0 radical (unpaired) electrons. The van der Waals surface area contributed by atoms with Gasteiger partial charge in [0.2, 0.25) is 15.9 Å². The van der Waals surface area contributed by atoms with Crippen LogP contribution in [-0.2, 0) is 14.8 Å². The summed E-state index contributed by atoms with van der Waals surface area (Å²) in [6.45, 7) is 3.20. The third-order valence-corrected chi connectivity index (χ3v) is 4.93. The molecule has 8 nitrogen and oxygen atoms in total. The van der Waals surface area contributed by atoms with Gasteiger partial charge < -0.3 is 10.2 Å². The Morgan fingerprint density at radius 3 is 2.68 bits per heavy atom. The predicted octanol–water partition coefficient (Wildman–Crippen LogP) is -0.771. The summed E-state index contributed by atoms with van der Waals surface area (Å²) < 4.78 is 25.0. The van der Waals surface area contributed by atoms with Gasteiger partial charge in [-0.15, -0.1) is 0 Å². The maximum Gasteiger partial charge on any atom is 0.225 e. The van der Waals surface area contributed by atoms with Crippen LogP contribution in [-0.4, -0.2) is 68.1 Å². The van der Waals surface area contributed by atoms with Gasteiger partial charge in [0.15, 0.2) is 0 Å². The first-order chi connectivity index (χ1) is 10.3. The Morgan fingerprint density at radius 2 is 2.09 bits per heavy atom. The minimum Gasteiger partial charge on any atom is -0.359 e. The molecule has 1 saturated heterocycles. The Morgan fingerprint density at radius 1 is 1.36 bits per heavy atom. The topological polar surface area (TPSA) is 95.5 Å². The Kier molecular flexibility index (Phi) is 4.97. The molecule has 1 N–H and O–H groups in total. The highest BCUT2D eigenvalue weighted by Gasteiger charge is 2.31. The number of amides is 1. The van der Waals surface area contributed by atoms with Crippen molar-refractivity contribution in [3.05, 3.63) is 18.1 Å². The van der Waals surface area contributed by atoms with Crippen LogP contribution in [0.5, 0.6) is 0 Å². The third-order valence-electron chi connectivity index (χ3n) is 3.66. The van der Waals surface area contributed by atoms with Crippen LogP contribution in [0.15, 0.2) is 12.3 Å². The highest BCUT2D eigenvalue weighted by molar-refractivity contribution is 7.88. The number of hydrogen-bond donors (Lipinski definition) is 1. The van der Waals surface area contributed by atoms with Crippen molar-refractivity contribution in [2.45, 2.75) is 6.92 Å². The maximum absolute atomic E-state index is 12.0. The van der Waals surface area contributed by atoms with Gasteiger partial charge in [0.25, 0.3) is 0 Å². The van der Waals surface area contributed by atoms with E-state index < -0.39 is 15.9 Å². The molecule has 1 aliphatic rings. The average molecular weight is 327 g/mol. The Balaban J connectivity index is 2.29. The van der Waals surface area contributed by atoms with E-state index >= 15 is 0 Å². The molecule has 1 amide bonds. The predicted molar refractivity (Wildman–Crippen MR) is 83.0 cm³/mol. The first-order valence-corrected chi connectivity index (χ1v) is 8.87. The largest absolute Gasteiger partial charge is 0.359 e. The summed E-state index contributed by atoms with van der Waals surface area (Å²) in [7, 11) is -1.79. The van der Waals surface area contributed by atoms with Gasteiger partial charge >= 0.3 is 0 Å². The fraction of sp³-hybridized carbons (Fsp3) is 0.615. The molecule has 122 valence electrons. The summed E-state index contributed by atoms with van der Waals surface area (Å²) in [4.78, 5) is 22.4. The van der Waals surface area contributed by atoms with Crippen LogP contribution in [0.3, 0.4) is 0 Å². The second kappa shape index (κ2) is 6.57. The zero-order valence-electron chi connectivity index (χ0n) is 13.0. The number of carbonyl (C=O) groups is 1. The van der Waals surface area contributed by atoms with Crippen molar-refractivity contribution in [3.63, 3.8) is 0 Å². The van der Waals surface area contributed by atoms with Crippen LogP contribution >= 0.6 is 0 Å². The van der Waals surface area contributed by atoms with E-state index in [0.29, 0.717) is 31.3 Å². The Hall–Kier alpha value is -1.74. The summed E-state index contributed by atoms with van der Waals surface area (Å²) in [6, 6.07) is 1.77. The smallest absolute Gasteiger partial charge is 0.225 e. The summed E-state index contributed by atoms with van der Waals surface area (Å²) in [5.74, 6) is 0.721. The normalized spacial score (nSPS) is 20.5. The van der Waals surface area contributed by atoms with Crippen molar-refractivity contribution < 1.29 is 13.2 Å². The summed E-state index contributed by atoms with van der Waals surface area (Å²) in [5.41, 5.74) is 0. The van der Waals surface area contributed by atoms with E-state index in [1.165, 1.54) is 10.6 Å². The number of anilines is 1. The minimum atomic E-state index is -3.34. The molecule has 0 bridgehead atoms. The third kappa shape index (κ3) is 3.92. The molecule has 0 aliphatic carbocycles. The van der Waals surface area contributed by atoms with Crippen molar-refractivity contribution in [1.29, 1.82) is 0 Å². The van der Waals surface area contributed by atoms with E-state index in [4.69, 9.17) is 0 Å². The molecule has 0 saturated carbocycles. The van der Waals surface area contributed by atoms with E-state index in [-0.39, 0.29) is 12.5 Å². The zero-order valence-corrected chi connectivity index (χ0v) is 13.8. The quantitative estimate of drug-likeness (QED) is 0.783. The van der Waals surface area contributed by atoms with Crippen LogP contribution in [0.1, 0.15) is 5.82 Å². The molecule has 0 aromatic carbocycles. The SMILES string of the molecule is CNC(=O)[C@H]1CN(c2ccnc(C)n2)CCN(S(C)(=O)=O)C1. The van der Waals surface area contributed by atoms with Gasteiger partial charge in [-0.25, -0.2) is 18.4 Å². The molecule has 22 heavy (non-hydrogen) atoms. The van der Waals surface area contributed by atoms with E-state index in [1.54, 1.807) is 26.2 Å². The number of rotatable bonds is 3.